The maximum Gasteiger partial charge on any atom is 0.0783 e. The summed E-state index contributed by atoms with van der Waals surface area (Å²) in [5.74, 6) is 0. The highest BCUT2D eigenvalue weighted by Gasteiger charge is 2.00. The first-order valence-electron chi connectivity index (χ1n) is 7.92. The molecule has 0 heterocycles. The Balaban J connectivity index is 1.61. The Hall–Kier alpha value is -2.82. The molecule has 3 aromatic rings. The van der Waals surface area contributed by atoms with Crippen LogP contribution in [0.25, 0.3) is 0 Å². The first-order chi connectivity index (χ1) is 12.7. The molecule has 0 saturated heterocycles. The standard InChI is InChI=1S/C20H16Cl2N4/c21-25(19-7-3-1-4-8-19)23-15-17-11-13-18(14-12-17)16-24-26(22)20-9-5-2-6-10-20/h1-16H/b23-15+,24-16?. The zero-order chi connectivity index (χ0) is 18.2. The lowest BCUT2D eigenvalue weighted by molar-refractivity contribution is 1.19. The number of para-hydroxylation sites is 2. The molecule has 0 aromatic heterocycles. The zero-order valence-corrected chi connectivity index (χ0v) is 15.3. The van der Waals surface area contributed by atoms with Crippen molar-refractivity contribution in [3.05, 3.63) is 96.1 Å². The molecule has 4 nitrogen and oxygen atoms in total. The van der Waals surface area contributed by atoms with Gasteiger partial charge in [0.05, 0.1) is 23.8 Å². The number of hydrogen-bond donors (Lipinski definition) is 0. The van der Waals surface area contributed by atoms with Gasteiger partial charge in [-0.2, -0.15) is 19.3 Å². The van der Waals surface area contributed by atoms with Crippen molar-refractivity contribution < 1.29 is 0 Å². The Kier molecular flexibility index (Phi) is 6.25. The number of rotatable bonds is 6. The molecule has 0 fully saturated rings. The summed E-state index contributed by atoms with van der Waals surface area (Å²) in [6, 6.07) is 26.7. The molecule has 0 saturated carbocycles. The third-order valence-corrected chi connectivity index (χ3v) is 4.06. The lowest BCUT2D eigenvalue weighted by Gasteiger charge is -2.08. The van der Waals surface area contributed by atoms with Gasteiger partial charge in [0.2, 0.25) is 0 Å². The molecule has 0 atom stereocenters. The van der Waals surface area contributed by atoms with Crippen LogP contribution in [0.2, 0.25) is 0 Å². The van der Waals surface area contributed by atoms with Crippen LogP contribution in [0.15, 0.2) is 95.1 Å². The van der Waals surface area contributed by atoms with Crippen LogP contribution >= 0.6 is 23.6 Å². The average molecular weight is 383 g/mol. The Morgan fingerprint density at radius 3 is 1.23 bits per heavy atom. The van der Waals surface area contributed by atoms with Crippen molar-refractivity contribution in [2.45, 2.75) is 0 Å². The van der Waals surface area contributed by atoms with E-state index < -0.39 is 0 Å². The summed E-state index contributed by atoms with van der Waals surface area (Å²) in [4.78, 5) is 0. The average Bonchev–Trinajstić information content (AvgIpc) is 2.72. The summed E-state index contributed by atoms with van der Waals surface area (Å²) in [6.45, 7) is 0. The van der Waals surface area contributed by atoms with Gasteiger partial charge in [0.1, 0.15) is 0 Å². The van der Waals surface area contributed by atoms with Crippen molar-refractivity contribution in [1.82, 2.24) is 0 Å². The monoisotopic (exact) mass is 382 g/mol. The highest BCUT2D eigenvalue weighted by atomic mass is 35.5. The van der Waals surface area contributed by atoms with Gasteiger partial charge in [-0.25, -0.2) is 0 Å². The smallest absolute Gasteiger partial charge is 0.0783 e. The summed E-state index contributed by atoms with van der Waals surface area (Å²) in [6.07, 6.45) is 3.39. The van der Waals surface area contributed by atoms with Crippen molar-refractivity contribution >= 4 is 47.4 Å². The zero-order valence-electron chi connectivity index (χ0n) is 13.8. The summed E-state index contributed by atoms with van der Waals surface area (Å²) in [7, 11) is 0. The molecule has 6 heteroatoms. The van der Waals surface area contributed by atoms with E-state index in [2.05, 4.69) is 10.2 Å². The van der Waals surface area contributed by atoms with E-state index in [0.717, 1.165) is 22.5 Å². The van der Waals surface area contributed by atoms with Crippen molar-refractivity contribution in [3.8, 4) is 0 Å². The molecule has 0 bridgehead atoms. The summed E-state index contributed by atoms with van der Waals surface area (Å²) < 4.78 is 2.61. The molecule has 0 unspecified atom stereocenters. The van der Waals surface area contributed by atoms with Crippen LogP contribution in [0.1, 0.15) is 11.1 Å². The second-order valence-corrected chi connectivity index (χ2v) is 5.99. The topological polar surface area (TPSA) is 31.2 Å². The SMILES string of the molecule is ClN(N=Cc1ccc(/C=N/N(Cl)c2ccccc2)cc1)c1ccccc1. The van der Waals surface area contributed by atoms with E-state index in [4.69, 9.17) is 23.6 Å². The fourth-order valence-electron chi connectivity index (χ4n) is 2.14. The Labute approximate surface area is 162 Å². The van der Waals surface area contributed by atoms with E-state index >= 15 is 0 Å². The second kappa shape index (κ2) is 9.04. The summed E-state index contributed by atoms with van der Waals surface area (Å²) >= 11 is 12.2. The molecule has 0 aliphatic carbocycles. The van der Waals surface area contributed by atoms with E-state index in [1.165, 1.54) is 9.06 Å². The highest BCUT2D eigenvalue weighted by molar-refractivity contribution is 6.26. The largest absolute Gasteiger partial charge is 0.173 e. The molecular weight excluding hydrogens is 367 g/mol. The number of hydrogen-bond acceptors (Lipinski definition) is 4. The van der Waals surface area contributed by atoms with Crippen molar-refractivity contribution in [3.63, 3.8) is 0 Å². The van der Waals surface area contributed by atoms with Crippen LogP contribution in [0.4, 0.5) is 11.4 Å². The fraction of sp³-hybridized carbons (Fsp3) is 0. The number of nitrogens with zero attached hydrogens (tertiary/aromatic N) is 4. The third kappa shape index (κ3) is 5.09. The van der Waals surface area contributed by atoms with Crippen molar-refractivity contribution in [2.75, 3.05) is 9.06 Å². The molecule has 0 amide bonds. The minimum Gasteiger partial charge on any atom is -0.173 e. The van der Waals surface area contributed by atoms with E-state index in [1.54, 1.807) is 12.4 Å². The second-order valence-electron chi connectivity index (χ2n) is 5.35. The van der Waals surface area contributed by atoms with Gasteiger partial charge in [-0.3, -0.25) is 0 Å². The van der Waals surface area contributed by atoms with Gasteiger partial charge in [0.15, 0.2) is 0 Å². The third-order valence-electron chi connectivity index (χ3n) is 3.49. The maximum atomic E-state index is 6.12. The van der Waals surface area contributed by atoms with Gasteiger partial charge < -0.3 is 0 Å². The molecule has 130 valence electrons. The van der Waals surface area contributed by atoms with Crippen LogP contribution in [0, 0.1) is 0 Å². The summed E-state index contributed by atoms with van der Waals surface area (Å²) in [5.41, 5.74) is 3.46. The van der Waals surface area contributed by atoms with Crippen LogP contribution < -0.4 is 9.06 Å². The first kappa shape index (κ1) is 18.0. The Bertz CT molecular complexity index is 791. The minimum absolute atomic E-state index is 0.803. The maximum absolute atomic E-state index is 6.12. The van der Waals surface area contributed by atoms with Crippen LogP contribution in [-0.4, -0.2) is 12.4 Å². The van der Waals surface area contributed by atoms with Gasteiger partial charge in [-0.1, -0.05) is 60.7 Å². The van der Waals surface area contributed by atoms with E-state index in [9.17, 15) is 0 Å². The quantitative estimate of drug-likeness (QED) is 0.312. The lowest BCUT2D eigenvalue weighted by Crippen LogP contribution is -2.01. The van der Waals surface area contributed by atoms with Crippen molar-refractivity contribution in [1.29, 1.82) is 0 Å². The van der Waals surface area contributed by atoms with Gasteiger partial charge >= 0.3 is 0 Å². The highest BCUT2D eigenvalue weighted by Crippen LogP contribution is 2.17. The van der Waals surface area contributed by atoms with E-state index in [0.29, 0.717) is 0 Å². The minimum atomic E-state index is 0.803. The van der Waals surface area contributed by atoms with Crippen molar-refractivity contribution in [2.24, 2.45) is 10.2 Å². The lowest BCUT2D eigenvalue weighted by atomic mass is 10.2. The molecule has 3 rings (SSSR count). The Morgan fingerprint density at radius 1 is 0.538 bits per heavy atom. The van der Waals surface area contributed by atoms with Crippen LogP contribution in [0.3, 0.4) is 0 Å². The molecule has 0 radical (unpaired) electrons. The number of halogens is 2. The normalized spacial score (nSPS) is 11.2. The Morgan fingerprint density at radius 2 is 0.885 bits per heavy atom. The van der Waals surface area contributed by atoms with Crippen LogP contribution in [0.5, 0.6) is 0 Å². The van der Waals surface area contributed by atoms with E-state index in [1.807, 2.05) is 84.9 Å². The number of hydrazone groups is 2. The first-order valence-corrected chi connectivity index (χ1v) is 8.60. The van der Waals surface area contributed by atoms with Gasteiger partial charge in [0, 0.05) is 23.6 Å². The predicted molar refractivity (Wildman–Crippen MR) is 111 cm³/mol. The molecule has 3 aromatic carbocycles. The molecule has 0 N–H and O–H groups in total. The summed E-state index contributed by atoms with van der Waals surface area (Å²) in [5, 5.41) is 8.44. The number of anilines is 2. The molecule has 0 aliphatic heterocycles. The molecule has 0 aliphatic rings. The van der Waals surface area contributed by atoms with Gasteiger partial charge in [-0.15, -0.1) is 0 Å². The molecular formula is C20H16Cl2N4. The fourth-order valence-corrected chi connectivity index (χ4v) is 2.45. The predicted octanol–water partition coefficient (Wildman–Crippen LogP) is 5.68. The molecule has 0 spiro atoms. The number of benzene rings is 3. The van der Waals surface area contributed by atoms with Gasteiger partial charge in [0.25, 0.3) is 0 Å². The molecule has 26 heavy (non-hydrogen) atoms. The van der Waals surface area contributed by atoms with Crippen LogP contribution in [-0.2, 0) is 0 Å². The van der Waals surface area contributed by atoms with E-state index in [-0.39, 0.29) is 0 Å². The van der Waals surface area contributed by atoms with Gasteiger partial charge in [-0.05, 0) is 35.4 Å².